The van der Waals surface area contributed by atoms with Crippen LogP contribution < -0.4 is 15.4 Å². The first kappa shape index (κ1) is 19.1. The number of benzene rings is 2. The second-order valence-electron chi connectivity index (χ2n) is 6.07. The Morgan fingerprint density at radius 2 is 1.61 bits per heavy atom. The summed E-state index contributed by atoms with van der Waals surface area (Å²) in [6.45, 7) is 5.74. The number of hydrogen-bond acceptors (Lipinski definition) is 5. The molecule has 3 aromatic rings. The summed E-state index contributed by atoms with van der Waals surface area (Å²) in [5.41, 5.74) is 2.89. The van der Waals surface area contributed by atoms with E-state index in [1.165, 1.54) is 6.92 Å². The normalized spacial score (nSPS) is 10.4. The minimum atomic E-state index is -0.359. The molecule has 0 aliphatic heterocycles. The molecule has 144 valence electrons. The Morgan fingerprint density at radius 1 is 1.00 bits per heavy atom. The van der Waals surface area contributed by atoms with Crippen LogP contribution in [0.2, 0.25) is 0 Å². The number of rotatable bonds is 6. The highest BCUT2D eigenvalue weighted by atomic mass is 16.5. The zero-order chi connectivity index (χ0) is 20.1. The monoisotopic (exact) mass is 379 g/mol. The Morgan fingerprint density at radius 3 is 2.18 bits per heavy atom. The van der Waals surface area contributed by atoms with Crippen molar-refractivity contribution in [3.63, 3.8) is 0 Å². The number of ether oxygens (including phenoxy) is 1. The lowest BCUT2D eigenvalue weighted by Gasteiger charge is -2.07. The van der Waals surface area contributed by atoms with E-state index >= 15 is 0 Å². The predicted octanol–water partition coefficient (Wildman–Crippen LogP) is 3.19. The zero-order valence-electron chi connectivity index (χ0n) is 15.9. The van der Waals surface area contributed by atoms with Gasteiger partial charge in [-0.15, -0.1) is 5.10 Å². The summed E-state index contributed by atoms with van der Waals surface area (Å²) in [5.74, 6) is 0.255. The molecular formula is C20H21N5O3. The van der Waals surface area contributed by atoms with Crippen LogP contribution in [0.4, 0.5) is 11.4 Å². The predicted molar refractivity (Wildman–Crippen MR) is 106 cm³/mol. The molecular weight excluding hydrogens is 358 g/mol. The smallest absolute Gasteiger partial charge is 0.278 e. The van der Waals surface area contributed by atoms with Gasteiger partial charge in [0.15, 0.2) is 5.69 Å². The summed E-state index contributed by atoms with van der Waals surface area (Å²) in [6, 6.07) is 14.2. The number of hydrogen-bond donors (Lipinski definition) is 2. The summed E-state index contributed by atoms with van der Waals surface area (Å²) in [5, 5.41) is 13.6. The highest BCUT2D eigenvalue weighted by molar-refractivity contribution is 6.03. The molecule has 0 bridgehead atoms. The third kappa shape index (κ3) is 4.35. The zero-order valence-corrected chi connectivity index (χ0v) is 15.9. The third-order valence-electron chi connectivity index (χ3n) is 3.97. The Balaban J connectivity index is 1.73. The van der Waals surface area contributed by atoms with E-state index in [9.17, 15) is 9.59 Å². The van der Waals surface area contributed by atoms with Gasteiger partial charge in [-0.25, -0.2) is 4.68 Å². The van der Waals surface area contributed by atoms with Crippen LogP contribution in [0.15, 0.2) is 48.5 Å². The van der Waals surface area contributed by atoms with E-state index < -0.39 is 0 Å². The van der Waals surface area contributed by atoms with Gasteiger partial charge in [-0.2, -0.15) is 0 Å². The maximum absolute atomic E-state index is 12.6. The fourth-order valence-corrected chi connectivity index (χ4v) is 2.66. The quantitative estimate of drug-likeness (QED) is 0.685. The molecule has 0 saturated heterocycles. The van der Waals surface area contributed by atoms with E-state index in [4.69, 9.17) is 4.74 Å². The van der Waals surface area contributed by atoms with Crippen molar-refractivity contribution in [3.05, 3.63) is 59.9 Å². The topological polar surface area (TPSA) is 98.1 Å². The van der Waals surface area contributed by atoms with E-state index in [2.05, 4.69) is 20.9 Å². The average Bonchev–Trinajstić information content (AvgIpc) is 3.05. The second kappa shape index (κ2) is 8.34. The first-order valence-electron chi connectivity index (χ1n) is 8.82. The van der Waals surface area contributed by atoms with E-state index in [1.54, 1.807) is 35.9 Å². The van der Waals surface area contributed by atoms with Crippen LogP contribution in [0, 0.1) is 6.92 Å². The van der Waals surface area contributed by atoms with Crippen molar-refractivity contribution in [2.45, 2.75) is 20.8 Å². The molecule has 2 N–H and O–H groups in total. The number of carbonyl (C=O) groups is 2. The lowest BCUT2D eigenvalue weighted by atomic mass is 10.2. The third-order valence-corrected chi connectivity index (χ3v) is 3.97. The number of amides is 2. The molecule has 8 heteroatoms. The summed E-state index contributed by atoms with van der Waals surface area (Å²) in [7, 11) is 0. The van der Waals surface area contributed by atoms with Gasteiger partial charge < -0.3 is 15.4 Å². The molecule has 3 rings (SSSR count). The maximum Gasteiger partial charge on any atom is 0.278 e. The fraction of sp³-hybridized carbons (Fsp3) is 0.200. The molecule has 0 radical (unpaired) electrons. The molecule has 1 heterocycles. The van der Waals surface area contributed by atoms with Gasteiger partial charge >= 0.3 is 0 Å². The largest absolute Gasteiger partial charge is 0.494 e. The molecule has 0 spiro atoms. The van der Waals surface area contributed by atoms with Gasteiger partial charge in [0.05, 0.1) is 18.0 Å². The van der Waals surface area contributed by atoms with Crippen molar-refractivity contribution in [1.29, 1.82) is 0 Å². The molecule has 0 atom stereocenters. The fourth-order valence-electron chi connectivity index (χ4n) is 2.66. The first-order valence-corrected chi connectivity index (χ1v) is 8.82. The SMILES string of the molecule is CCOc1ccc(-n2nnc(C(=O)Nc3ccc(NC(C)=O)cc3)c2C)cc1. The Kier molecular flexibility index (Phi) is 5.69. The van der Waals surface area contributed by atoms with E-state index in [-0.39, 0.29) is 17.5 Å². The summed E-state index contributed by atoms with van der Waals surface area (Å²) < 4.78 is 7.04. The maximum atomic E-state index is 12.6. The van der Waals surface area contributed by atoms with Crippen molar-refractivity contribution in [2.75, 3.05) is 17.2 Å². The van der Waals surface area contributed by atoms with E-state index in [1.807, 2.05) is 31.2 Å². The molecule has 28 heavy (non-hydrogen) atoms. The average molecular weight is 379 g/mol. The molecule has 2 amide bonds. The van der Waals surface area contributed by atoms with E-state index in [0.717, 1.165) is 11.4 Å². The number of aromatic nitrogens is 3. The van der Waals surface area contributed by atoms with Crippen molar-refractivity contribution < 1.29 is 14.3 Å². The first-order chi connectivity index (χ1) is 13.5. The van der Waals surface area contributed by atoms with Crippen molar-refractivity contribution >= 4 is 23.2 Å². The number of nitrogens with one attached hydrogen (secondary N) is 2. The number of carbonyl (C=O) groups excluding carboxylic acids is 2. The highest BCUT2D eigenvalue weighted by Crippen LogP contribution is 2.19. The Labute approximate surface area is 162 Å². The molecule has 0 aliphatic carbocycles. The Bertz CT molecular complexity index is 978. The van der Waals surface area contributed by atoms with Crippen molar-refractivity contribution in [1.82, 2.24) is 15.0 Å². The standard InChI is InChI=1S/C20H21N5O3/c1-4-28-18-11-9-17(10-12-18)25-13(2)19(23-24-25)20(27)22-16-7-5-15(6-8-16)21-14(3)26/h5-12H,4H2,1-3H3,(H,21,26)(H,22,27). The second-order valence-corrected chi connectivity index (χ2v) is 6.07. The molecule has 8 nitrogen and oxygen atoms in total. The van der Waals surface area contributed by atoms with Crippen LogP contribution in [0.1, 0.15) is 30.0 Å². The van der Waals surface area contributed by atoms with Gasteiger partial charge in [0.2, 0.25) is 5.91 Å². The van der Waals surface area contributed by atoms with Crippen LogP contribution in [0.25, 0.3) is 5.69 Å². The number of nitrogens with zero attached hydrogens (tertiary/aromatic N) is 3. The van der Waals surface area contributed by atoms with Crippen LogP contribution in [0.3, 0.4) is 0 Å². The van der Waals surface area contributed by atoms with Crippen LogP contribution >= 0.6 is 0 Å². The minimum absolute atomic E-state index is 0.154. The molecule has 2 aromatic carbocycles. The lowest BCUT2D eigenvalue weighted by Crippen LogP contribution is -2.14. The summed E-state index contributed by atoms with van der Waals surface area (Å²) >= 11 is 0. The molecule has 1 aromatic heterocycles. The van der Waals surface area contributed by atoms with Crippen LogP contribution in [-0.4, -0.2) is 33.4 Å². The van der Waals surface area contributed by atoms with E-state index in [0.29, 0.717) is 23.7 Å². The van der Waals surface area contributed by atoms with Gasteiger partial charge in [0.25, 0.3) is 5.91 Å². The molecule has 0 unspecified atom stereocenters. The Hall–Kier alpha value is -3.68. The molecule has 0 saturated carbocycles. The van der Waals surface area contributed by atoms with Crippen molar-refractivity contribution in [3.8, 4) is 11.4 Å². The van der Waals surface area contributed by atoms with Gasteiger partial charge in [0, 0.05) is 18.3 Å². The van der Waals surface area contributed by atoms with Gasteiger partial charge in [-0.1, -0.05) is 5.21 Å². The summed E-state index contributed by atoms with van der Waals surface area (Å²) in [4.78, 5) is 23.6. The number of anilines is 2. The van der Waals surface area contributed by atoms with Gasteiger partial charge in [0.1, 0.15) is 5.75 Å². The van der Waals surface area contributed by atoms with Gasteiger partial charge in [-0.3, -0.25) is 9.59 Å². The van der Waals surface area contributed by atoms with Crippen LogP contribution in [-0.2, 0) is 4.79 Å². The van der Waals surface area contributed by atoms with Crippen LogP contribution in [0.5, 0.6) is 5.75 Å². The minimum Gasteiger partial charge on any atom is -0.494 e. The van der Waals surface area contributed by atoms with Gasteiger partial charge in [-0.05, 0) is 62.4 Å². The lowest BCUT2D eigenvalue weighted by molar-refractivity contribution is -0.114. The van der Waals surface area contributed by atoms with Crippen molar-refractivity contribution in [2.24, 2.45) is 0 Å². The molecule has 0 fully saturated rings. The molecule has 0 aliphatic rings. The highest BCUT2D eigenvalue weighted by Gasteiger charge is 2.17. The summed E-state index contributed by atoms with van der Waals surface area (Å²) in [6.07, 6.45) is 0.